The molecule has 3 nitrogen and oxygen atoms in total. The molecule has 0 fully saturated rings. The monoisotopic (exact) mass is 311 g/mol. The highest BCUT2D eigenvalue weighted by Crippen LogP contribution is 2.33. The molecule has 2 aromatic rings. The summed E-state index contributed by atoms with van der Waals surface area (Å²) < 4.78 is 26.1. The van der Waals surface area contributed by atoms with Gasteiger partial charge in [0.2, 0.25) is 0 Å². The molecule has 0 aliphatic heterocycles. The molecule has 1 aromatic carbocycles. The van der Waals surface area contributed by atoms with Crippen LogP contribution in [-0.4, -0.2) is 26.9 Å². The summed E-state index contributed by atoms with van der Waals surface area (Å²) in [5, 5.41) is 3.83. The van der Waals surface area contributed by atoms with Crippen molar-refractivity contribution in [1.29, 1.82) is 0 Å². The van der Waals surface area contributed by atoms with Crippen LogP contribution in [0.3, 0.4) is 0 Å². The fraction of sp³-hybridized carbons (Fsp3) is 0.500. The summed E-state index contributed by atoms with van der Waals surface area (Å²) in [5.74, 6) is -0.174. The fourth-order valence-electron chi connectivity index (χ4n) is 2.21. The van der Waals surface area contributed by atoms with Gasteiger partial charge in [-0.05, 0) is 25.6 Å². The van der Waals surface area contributed by atoms with E-state index in [1.165, 1.54) is 6.07 Å². The molecule has 0 unspecified atom stereocenters. The molecule has 0 saturated carbocycles. The van der Waals surface area contributed by atoms with Crippen LogP contribution in [0.2, 0.25) is 0 Å². The normalized spacial score (nSPS) is 11.4. The molecule has 21 heavy (non-hydrogen) atoms. The molecule has 0 bridgehead atoms. The van der Waals surface area contributed by atoms with Gasteiger partial charge in [0.05, 0.1) is 19.8 Å². The third kappa shape index (κ3) is 4.23. The minimum atomic E-state index is -0.174. The van der Waals surface area contributed by atoms with Crippen LogP contribution < -0.4 is 5.32 Å². The van der Waals surface area contributed by atoms with Crippen molar-refractivity contribution in [3.05, 3.63) is 34.5 Å². The zero-order valence-corrected chi connectivity index (χ0v) is 13.4. The summed E-state index contributed by atoms with van der Waals surface area (Å²) in [7, 11) is 1.89. The van der Waals surface area contributed by atoms with Crippen LogP contribution in [0.25, 0.3) is 10.1 Å². The van der Waals surface area contributed by atoms with Crippen LogP contribution in [0, 0.1) is 5.82 Å². The van der Waals surface area contributed by atoms with Crippen LogP contribution in [0.5, 0.6) is 0 Å². The second kappa shape index (κ2) is 8.44. The van der Waals surface area contributed by atoms with Gasteiger partial charge in [0.15, 0.2) is 0 Å². The standard InChI is InChI=1S/C16H22FNO2S/c1-3-7-19-8-9-20-11-12-15(10-18-2)21-14-6-4-5-13(17)16(12)14/h4-6,18H,3,7-11H2,1-2H3. The lowest BCUT2D eigenvalue weighted by Gasteiger charge is -2.07. The van der Waals surface area contributed by atoms with E-state index in [1.54, 1.807) is 17.4 Å². The van der Waals surface area contributed by atoms with Gasteiger partial charge in [-0.25, -0.2) is 4.39 Å². The number of fused-ring (bicyclic) bond motifs is 1. The lowest BCUT2D eigenvalue weighted by molar-refractivity contribution is 0.0410. The maximum absolute atomic E-state index is 14.1. The zero-order chi connectivity index (χ0) is 15.1. The molecule has 0 aliphatic carbocycles. The number of thiophene rings is 1. The number of nitrogens with one attached hydrogen (secondary N) is 1. The largest absolute Gasteiger partial charge is 0.379 e. The van der Waals surface area contributed by atoms with E-state index in [2.05, 4.69) is 12.2 Å². The van der Waals surface area contributed by atoms with Crippen molar-refractivity contribution < 1.29 is 13.9 Å². The first-order valence-electron chi connectivity index (χ1n) is 7.26. The van der Waals surface area contributed by atoms with Crippen LogP contribution >= 0.6 is 11.3 Å². The first-order valence-corrected chi connectivity index (χ1v) is 8.08. The predicted octanol–water partition coefficient (Wildman–Crippen LogP) is 3.70. The summed E-state index contributed by atoms with van der Waals surface area (Å²) in [5.41, 5.74) is 0.956. The van der Waals surface area contributed by atoms with Crippen molar-refractivity contribution in [2.45, 2.75) is 26.5 Å². The van der Waals surface area contributed by atoms with E-state index in [9.17, 15) is 4.39 Å². The third-order valence-corrected chi connectivity index (χ3v) is 4.35. The Balaban J connectivity index is 2.07. The van der Waals surface area contributed by atoms with Crippen molar-refractivity contribution in [2.24, 2.45) is 0 Å². The Labute approximate surface area is 129 Å². The molecule has 0 saturated heterocycles. The van der Waals surface area contributed by atoms with E-state index in [-0.39, 0.29) is 5.82 Å². The van der Waals surface area contributed by atoms with Gasteiger partial charge >= 0.3 is 0 Å². The van der Waals surface area contributed by atoms with Crippen LogP contribution in [0.15, 0.2) is 18.2 Å². The number of ether oxygens (including phenoxy) is 2. The van der Waals surface area contributed by atoms with Crippen LogP contribution in [-0.2, 0) is 22.6 Å². The molecule has 2 rings (SSSR count). The second-order valence-corrected chi connectivity index (χ2v) is 5.95. The summed E-state index contributed by atoms with van der Waals surface area (Å²) >= 11 is 1.62. The third-order valence-electron chi connectivity index (χ3n) is 3.15. The van der Waals surface area contributed by atoms with E-state index in [0.717, 1.165) is 34.7 Å². The van der Waals surface area contributed by atoms with Crippen LogP contribution in [0.1, 0.15) is 23.8 Å². The first-order chi connectivity index (χ1) is 10.3. The van der Waals surface area contributed by atoms with Crippen LogP contribution in [0.4, 0.5) is 4.39 Å². The Kier molecular flexibility index (Phi) is 6.57. The Bertz CT molecular complexity index is 571. The number of benzene rings is 1. The zero-order valence-electron chi connectivity index (χ0n) is 12.6. The topological polar surface area (TPSA) is 30.5 Å². The minimum absolute atomic E-state index is 0.174. The van der Waals surface area contributed by atoms with Gasteiger partial charge in [0, 0.05) is 33.7 Å². The Morgan fingerprint density at radius 1 is 1.19 bits per heavy atom. The molecule has 1 N–H and O–H groups in total. The summed E-state index contributed by atoms with van der Waals surface area (Å²) in [6, 6.07) is 5.21. The molecular formula is C16H22FNO2S. The van der Waals surface area contributed by atoms with Crippen molar-refractivity contribution in [1.82, 2.24) is 5.32 Å². The van der Waals surface area contributed by atoms with Gasteiger partial charge in [0.25, 0.3) is 0 Å². The van der Waals surface area contributed by atoms with Crippen molar-refractivity contribution in [3.8, 4) is 0 Å². The molecule has 0 amide bonds. The molecule has 1 aromatic heterocycles. The highest BCUT2D eigenvalue weighted by molar-refractivity contribution is 7.19. The number of hydrogen-bond donors (Lipinski definition) is 1. The number of hydrogen-bond acceptors (Lipinski definition) is 4. The lowest BCUT2D eigenvalue weighted by atomic mass is 10.1. The average Bonchev–Trinajstić information content (AvgIpc) is 2.82. The smallest absolute Gasteiger partial charge is 0.132 e. The summed E-state index contributed by atoms with van der Waals surface area (Å²) in [6.45, 7) is 5.09. The van der Waals surface area contributed by atoms with E-state index >= 15 is 0 Å². The average molecular weight is 311 g/mol. The maximum atomic E-state index is 14.1. The maximum Gasteiger partial charge on any atom is 0.132 e. The molecule has 0 aliphatic rings. The van der Waals surface area contributed by atoms with E-state index in [4.69, 9.17) is 9.47 Å². The SMILES string of the molecule is CCCOCCOCc1c(CNC)sc2cccc(F)c12. The van der Waals surface area contributed by atoms with Gasteiger partial charge in [-0.15, -0.1) is 11.3 Å². The molecule has 0 radical (unpaired) electrons. The van der Waals surface area contributed by atoms with Crippen molar-refractivity contribution >= 4 is 21.4 Å². The summed E-state index contributed by atoms with van der Waals surface area (Å²) in [4.78, 5) is 1.13. The lowest BCUT2D eigenvalue weighted by Crippen LogP contribution is -2.08. The van der Waals surface area contributed by atoms with Gasteiger partial charge in [0.1, 0.15) is 5.82 Å². The van der Waals surface area contributed by atoms with Gasteiger partial charge in [-0.1, -0.05) is 13.0 Å². The predicted molar refractivity (Wildman–Crippen MR) is 85.3 cm³/mol. The van der Waals surface area contributed by atoms with Crippen molar-refractivity contribution in [3.63, 3.8) is 0 Å². The van der Waals surface area contributed by atoms with Gasteiger partial charge in [-0.2, -0.15) is 0 Å². The first kappa shape index (κ1) is 16.4. The van der Waals surface area contributed by atoms with E-state index in [0.29, 0.717) is 25.2 Å². The Morgan fingerprint density at radius 2 is 2.00 bits per heavy atom. The molecule has 1 heterocycles. The van der Waals surface area contributed by atoms with E-state index in [1.807, 2.05) is 13.1 Å². The quantitative estimate of drug-likeness (QED) is 0.716. The van der Waals surface area contributed by atoms with Crippen molar-refractivity contribution in [2.75, 3.05) is 26.9 Å². The Hall–Kier alpha value is -1.01. The van der Waals surface area contributed by atoms with E-state index < -0.39 is 0 Å². The number of halogens is 1. The highest BCUT2D eigenvalue weighted by atomic mass is 32.1. The van der Waals surface area contributed by atoms with Gasteiger partial charge < -0.3 is 14.8 Å². The molecule has 0 spiro atoms. The molecular weight excluding hydrogens is 289 g/mol. The number of rotatable bonds is 9. The van der Waals surface area contributed by atoms with Gasteiger partial charge in [-0.3, -0.25) is 0 Å². The Morgan fingerprint density at radius 3 is 2.76 bits per heavy atom. The molecule has 5 heteroatoms. The molecule has 116 valence electrons. The molecule has 0 atom stereocenters. The highest BCUT2D eigenvalue weighted by Gasteiger charge is 2.15. The summed E-state index contributed by atoms with van der Waals surface area (Å²) in [6.07, 6.45) is 1.01. The fourth-order valence-corrected chi connectivity index (χ4v) is 3.45. The second-order valence-electron chi connectivity index (χ2n) is 4.81. The minimum Gasteiger partial charge on any atom is -0.379 e.